The van der Waals surface area contributed by atoms with Crippen molar-refractivity contribution in [3.8, 4) is 11.5 Å². The van der Waals surface area contributed by atoms with Crippen LogP contribution in [0.1, 0.15) is 94.6 Å². The Balaban J connectivity index is 1.46. The summed E-state index contributed by atoms with van der Waals surface area (Å²) in [5, 5.41) is 7.28. The van der Waals surface area contributed by atoms with Gasteiger partial charge in [-0.3, -0.25) is 9.59 Å². The Bertz CT molecular complexity index is 1750. The minimum atomic E-state index is -0.188. The van der Waals surface area contributed by atoms with E-state index in [4.69, 9.17) is 28.4 Å². The Kier molecular flexibility index (Phi) is 16.3. The van der Waals surface area contributed by atoms with E-state index in [0.29, 0.717) is 86.5 Å². The van der Waals surface area contributed by atoms with Crippen LogP contribution in [0.4, 0.5) is 22.7 Å². The fraction of sp³-hybridized carbons (Fsp3) is 0.435. The maximum absolute atomic E-state index is 14.5. The van der Waals surface area contributed by atoms with Crippen molar-refractivity contribution in [1.82, 2.24) is 0 Å². The molecule has 0 spiro atoms. The smallest absolute Gasteiger partial charge is 0.196 e. The molecular formula is C46H58N2O8. The van der Waals surface area contributed by atoms with Crippen LogP contribution in [0.15, 0.2) is 60.7 Å². The average Bonchev–Trinajstić information content (AvgIpc) is 3.22. The molecule has 300 valence electrons. The molecule has 10 nitrogen and oxygen atoms in total. The number of ketones is 2. The molecule has 2 N–H and O–H groups in total. The highest BCUT2D eigenvalue weighted by Crippen LogP contribution is 2.41. The van der Waals surface area contributed by atoms with Crippen molar-refractivity contribution in [2.24, 2.45) is 0 Å². The van der Waals surface area contributed by atoms with Gasteiger partial charge in [0.05, 0.1) is 62.1 Å². The minimum Gasteiger partial charge on any atom is -0.493 e. The fourth-order valence-corrected chi connectivity index (χ4v) is 6.97. The SMILES string of the molecule is CCc1cc(OCCCOCCOC)cc(CC)c1Nc1ccc(Nc2c(CC)cc(OCCCOCCOC)cc2CC)c2c1C(=O)c1ccccc1C2=O. The van der Waals surface area contributed by atoms with Crippen molar-refractivity contribution < 1.29 is 38.0 Å². The molecule has 1 aliphatic rings. The second-order valence-corrected chi connectivity index (χ2v) is 13.6. The average molecular weight is 767 g/mol. The summed E-state index contributed by atoms with van der Waals surface area (Å²) in [5.74, 6) is 1.22. The van der Waals surface area contributed by atoms with Gasteiger partial charge >= 0.3 is 0 Å². The summed E-state index contributed by atoms with van der Waals surface area (Å²) in [6.07, 6.45) is 4.49. The van der Waals surface area contributed by atoms with Gasteiger partial charge in [-0.15, -0.1) is 0 Å². The van der Waals surface area contributed by atoms with E-state index in [1.807, 2.05) is 12.1 Å². The number of ether oxygens (including phenoxy) is 6. The summed E-state index contributed by atoms with van der Waals surface area (Å²) in [7, 11) is 3.32. The second-order valence-electron chi connectivity index (χ2n) is 13.6. The highest BCUT2D eigenvalue weighted by molar-refractivity contribution is 6.32. The maximum atomic E-state index is 14.5. The number of hydrogen-bond acceptors (Lipinski definition) is 10. The topological polar surface area (TPSA) is 114 Å². The third kappa shape index (κ3) is 10.4. The molecule has 4 aromatic rings. The molecule has 5 rings (SSSR count). The van der Waals surface area contributed by atoms with Gasteiger partial charge in [-0.05, 0) is 84.3 Å². The maximum Gasteiger partial charge on any atom is 0.196 e. The van der Waals surface area contributed by atoms with E-state index in [9.17, 15) is 9.59 Å². The molecule has 0 unspecified atom stereocenters. The first-order chi connectivity index (χ1) is 27.4. The lowest BCUT2D eigenvalue weighted by atomic mass is 9.82. The summed E-state index contributed by atoms with van der Waals surface area (Å²) < 4.78 is 33.6. The van der Waals surface area contributed by atoms with E-state index < -0.39 is 0 Å². The molecule has 10 heteroatoms. The lowest BCUT2D eigenvalue weighted by Crippen LogP contribution is -2.24. The Hall–Kier alpha value is -4.74. The largest absolute Gasteiger partial charge is 0.493 e. The van der Waals surface area contributed by atoms with Gasteiger partial charge in [-0.2, -0.15) is 0 Å². The first kappa shape index (κ1) is 42.4. The van der Waals surface area contributed by atoms with E-state index >= 15 is 0 Å². The van der Waals surface area contributed by atoms with Crippen LogP contribution in [0.25, 0.3) is 0 Å². The summed E-state index contributed by atoms with van der Waals surface area (Å²) in [6, 6.07) is 19.1. The van der Waals surface area contributed by atoms with Gasteiger partial charge < -0.3 is 39.1 Å². The highest BCUT2D eigenvalue weighted by atomic mass is 16.5. The van der Waals surface area contributed by atoms with E-state index in [1.54, 1.807) is 38.5 Å². The Labute approximate surface area is 332 Å². The Morgan fingerprint density at radius 2 is 0.857 bits per heavy atom. The molecule has 0 radical (unpaired) electrons. The van der Waals surface area contributed by atoms with E-state index in [-0.39, 0.29) is 11.6 Å². The first-order valence-electron chi connectivity index (χ1n) is 20.0. The molecule has 0 atom stereocenters. The van der Waals surface area contributed by atoms with Crippen LogP contribution in [0.2, 0.25) is 0 Å². The molecule has 0 heterocycles. The van der Waals surface area contributed by atoms with Crippen LogP contribution in [0.3, 0.4) is 0 Å². The van der Waals surface area contributed by atoms with E-state index in [0.717, 1.165) is 83.7 Å². The minimum absolute atomic E-state index is 0.188. The summed E-state index contributed by atoms with van der Waals surface area (Å²) >= 11 is 0. The third-order valence-electron chi connectivity index (χ3n) is 9.94. The van der Waals surface area contributed by atoms with Crippen molar-refractivity contribution in [1.29, 1.82) is 0 Å². The standard InChI is InChI=1S/C46H58N2O8/c1-7-31-27-35(55-21-13-19-53-25-23-51-5)28-32(8-2)43(31)47-39-17-18-40(42-41(39)45(49)37-15-11-12-16-38(37)46(42)50)48-44-33(9-3)29-36(30-34(44)10-4)56-22-14-20-54-26-24-52-6/h11-12,15-18,27-30,47-48H,7-10,13-14,19-26H2,1-6H3. The van der Waals surface area contributed by atoms with Gasteiger partial charge in [-0.25, -0.2) is 0 Å². The van der Waals surface area contributed by atoms with E-state index in [1.165, 1.54) is 0 Å². The highest BCUT2D eigenvalue weighted by Gasteiger charge is 2.34. The predicted molar refractivity (Wildman–Crippen MR) is 222 cm³/mol. The molecule has 0 saturated carbocycles. The number of fused-ring (bicyclic) bond motifs is 2. The van der Waals surface area contributed by atoms with Crippen LogP contribution in [-0.2, 0) is 44.6 Å². The number of benzene rings is 4. The monoisotopic (exact) mass is 766 g/mol. The number of carbonyl (C=O) groups excluding carboxylic acids is 2. The van der Waals surface area contributed by atoms with Crippen LogP contribution in [0.5, 0.6) is 11.5 Å². The molecule has 1 aliphatic carbocycles. The summed E-state index contributed by atoms with van der Waals surface area (Å²) in [4.78, 5) is 28.9. The molecule has 56 heavy (non-hydrogen) atoms. The first-order valence-corrected chi connectivity index (χ1v) is 20.0. The van der Waals surface area contributed by atoms with Crippen LogP contribution in [-0.4, -0.2) is 78.6 Å². The van der Waals surface area contributed by atoms with Crippen LogP contribution in [0, 0.1) is 0 Å². The van der Waals surface area contributed by atoms with Gasteiger partial charge in [0.15, 0.2) is 11.6 Å². The molecule has 0 aromatic heterocycles. The van der Waals surface area contributed by atoms with Gasteiger partial charge in [0, 0.05) is 62.8 Å². The molecule has 4 aromatic carbocycles. The van der Waals surface area contributed by atoms with Gasteiger partial charge in [0.2, 0.25) is 0 Å². The molecular weight excluding hydrogens is 709 g/mol. The number of carbonyl (C=O) groups is 2. The van der Waals surface area contributed by atoms with Gasteiger partial charge in [0.1, 0.15) is 11.5 Å². The number of methoxy groups -OCH3 is 2. The van der Waals surface area contributed by atoms with E-state index in [2.05, 4.69) is 62.6 Å². The zero-order valence-electron chi connectivity index (χ0n) is 33.9. The molecule has 0 bridgehead atoms. The van der Waals surface area contributed by atoms with Crippen molar-refractivity contribution >= 4 is 34.3 Å². The van der Waals surface area contributed by atoms with Crippen LogP contribution >= 0.6 is 0 Å². The van der Waals surface area contributed by atoms with Gasteiger partial charge in [0.25, 0.3) is 0 Å². The predicted octanol–water partition coefficient (Wildman–Crippen LogP) is 9.06. The number of rotatable bonds is 24. The molecule has 0 saturated heterocycles. The second kappa shape index (κ2) is 21.5. The fourth-order valence-electron chi connectivity index (χ4n) is 6.97. The van der Waals surface area contributed by atoms with Crippen LogP contribution < -0.4 is 20.1 Å². The third-order valence-corrected chi connectivity index (χ3v) is 9.94. The lowest BCUT2D eigenvalue weighted by molar-refractivity contribution is 0.0644. The van der Waals surface area contributed by atoms with Crippen molar-refractivity contribution in [2.45, 2.75) is 66.2 Å². The molecule has 0 fully saturated rings. The number of anilines is 4. The normalized spacial score (nSPS) is 12.0. The number of aryl methyl sites for hydroxylation is 4. The molecule has 0 amide bonds. The Morgan fingerprint density at radius 3 is 1.20 bits per heavy atom. The van der Waals surface area contributed by atoms with Crippen molar-refractivity contribution in [3.05, 3.63) is 105 Å². The number of hydrogen-bond donors (Lipinski definition) is 2. The lowest BCUT2D eigenvalue weighted by Gasteiger charge is -2.26. The van der Waals surface area contributed by atoms with Crippen molar-refractivity contribution in [2.75, 3.05) is 77.7 Å². The van der Waals surface area contributed by atoms with Gasteiger partial charge in [-0.1, -0.05) is 52.0 Å². The molecule has 0 aliphatic heterocycles. The quantitative estimate of drug-likeness (QED) is 0.0590. The summed E-state index contributed by atoms with van der Waals surface area (Å²) in [5.41, 5.74) is 8.78. The zero-order valence-corrected chi connectivity index (χ0v) is 33.9. The summed E-state index contributed by atoms with van der Waals surface area (Å²) in [6.45, 7) is 12.9. The van der Waals surface area contributed by atoms with Crippen molar-refractivity contribution in [3.63, 3.8) is 0 Å². The number of nitrogens with one attached hydrogen (secondary N) is 2. The Morgan fingerprint density at radius 1 is 0.482 bits per heavy atom. The zero-order chi connectivity index (χ0) is 39.9.